The topological polar surface area (TPSA) is 548 Å². The van der Waals surface area contributed by atoms with Crippen molar-refractivity contribution in [2.75, 3.05) is 6.61 Å². The van der Waals surface area contributed by atoms with Crippen LogP contribution in [0.15, 0.2) is 42.5 Å². The van der Waals surface area contributed by atoms with E-state index in [0.29, 0.717) is 12.1 Å². The lowest BCUT2D eigenvalue weighted by Gasteiger charge is -2.64. The van der Waals surface area contributed by atoms with Gasteiger partial charge < -0.3 is 125 Å². The monoisotopic (exact) mass is 1110 g/mol. The summed E-state index contributed by atoms with van der Waals surface area (Å²) in [5, 5.41) is 204. The Bertz CT molecular complexity index is 3470. The SMILES string of the molecule is O=C1O[C@@H]2[C@](O)(C(=O)c3cc(O)c(O)c(O)c3)[C@H](OC(=O)C34C(=O)CC(O)(OC35C(=O)OC3C(O)COC35O)C3(O)Oc5c(O)c(O)cc1c5C34)[C@@H](C(O)C(=O)c1cc(O)c(O)c(O)c1)O[C@]2(O)C(=O)c1cc(O)c(O)c(O)c1. The first-order valence-corrected chi connectivity index (χ1v) is 22.6. The number of benzene rings is 4. The molecule has 0 amide bonds. The van der Waals surface area contributed by atoms with Gasteiger partial charge in [-0.3, -0.25) is 24.0 Å². The summed E-state index contributed by atoms with van der Waals surface area (Å²) < 4.78 is 39.0. The zero-order valence-electron chi connectivity index (χ0n) is 38.8. The highest BCUT2D eigenvalue weighted by Gasteiger charge is 2.98. The maximum Gasteiger partial charge on any atom is 0.346 e. The number of rotatable bonds is 7. The summed E-state index contributed by atoms with van der Waals surface area (Å²) in [6.07, 6.45) is -21.1. The lowest BCUT2D eigenvalue weighted by atomic mass is 9.47. The van der Waals surface area contributed by atoms with Crippen LogP contribution in [0.25, 0.3) is 0 Å². The van der Waals surface area contributed by atoms with Gasteiger partial charge in [-0.2, -0.15) is 0 Å². The number of carbonyl (C=O) groups is 7. The average molecular weight is 1110 g/mol. The molecule has 6 fully saturated rings. The van der Waals surface area contributed by atoms with Crippen LogP contribution in [-0.2, 0) is 42.8 Å². The van der Waals surface area contributed by atoms with Crippen LogP contribution in [0.2, 0.25) is 0 Å². The van der Waals surface area contributed by atoms with Crippen LogP contribution in [0.1, 0.15) is 59.3 Å². The molecule has 4 aromatic carbocycles. The zero-order chi connectivity index (χ0) is 57.7. The van der Waals surface area contributed by atoms with Gasteiger partial charge in [-0.25, -0.2) is 9.59 Å². The molecule has 8 aliphatic rings. The Kier molecular flexibility index (Phi) is 10.5. The molecule has 4 bridgehead atoms. The molecule has 7 aliphatic heterocycles. The number of aliphatic hydroxyl groups is 7. The van der Waals surface area contributed by atoms with Crippen LogP contribution in [0.5, 0.6) is 69.0 Å². The van der Waals surface area contributed by atoms with Crippen LogP contribution >= 0.6 is 0 Å². The molecule has 12 rings (SSSR count). The number of fused-ring (bicyclic) bond motifs is 4. The minimum Gasteiger partial charge on any atom is -0.504 e. The van der Waals surface area contributed by atoms with E-state index in [0.717, 1.165) is 0 Å². The number of esters is 3. The molecule has 1 aliphatic carbocycles. The van der Waals surface area contributed by atoms with Crippen molar-refractivity contribution in [3.05, 3.63) is 70.3 Å². The quantitative estimate of drug-likeness (QED) is 0.0272. The number of Topliss-reactive ketones (excluding diaryl/α,β-unsaturated/α-hetero) is 4. The van der Waals surface area contributed by atoms with Crippen LogP contribution in [0.4, 0.5) is 0 Å². The Morgan fingerprint density at radius 2 is 1.09 bits per heavy atom. The predicted octanol–water partition coefficient (Wildman–Crippen LogP) is -4.69. The first kappa shape index (κ1) is 52.2. The van der Waals surface area contributed by atoms with Crippen molar-refractivity contribution in [3.8, 4) is 69.0 Å². The predicted molar refractivity (Wildman–Crippen MR) is 233 cm³/mol. The van der Waals surface area contributed by atoms with Gasteiger partial charge in [0.15, 0.2) is 92.4 Å². The van der Waals surface area contributed by atoms with Crippen LogP contribution < -0.4 is 4.74 Å². The molecule has 2 spiro atoms. The Morgan fingerprint density at radius 3 is 1.63 bits per heavy atom. The zero-order valence-corrected chi connectivity index (χ0v) is 38.8. The first-order chi connectivity index (χ1) is 36.7. The summed E-state index contributed by atoms with van der Waals surface area (Å²) >= 11 is 0. The van der Waals surface area contributed by atoms with Gasteiger partial charge in [0.25, 0.3) is 11.6 Å². The summed E-state index contributed by atoms with van der Waals surface area (Å²) in [5.41, 5.74) is -20.0. The van der Waals surface area contributed by atoms with Crippen molar-refractivity contribution < 1.29 is 159 Å². The summed E-state index contributed by atoms with van der Waals surface area (Å²) in [6, 6.07) is 1.62. The largest absolute Gasteiger partial charge is 0.504 e. The Balaban J connectivity index is 1.27. The van der Waals surface area contributed by atoms with Gasteiger partial charge in [0, 0.05) is 22.3 Å². The molecule has 18 N–H and O–H groups in total. The third-order valence-corrected chi connectivity index (χ3v) is 15.2. The molecule has 1 saturated carbocycles. The molecule has 0 aromatic heterocycles. The van der Waals surface area contributed by atoms with Gasteiger partial charge in [-0.15, -0.1) is 0 Å². The van der Waals surface area contributed by atoms with E-state index in [-0.39, 0.29) is 30.3 Å². The third-order valence-electron chi connectivity index (χ3n) is 15.2. The van der Waals surface area contributed by atoms with Crippen molar-refractivity contribution in [2.45, 2.75) is 83.3 Å². The fourth-order valence-corrected chi connectivity index (χ4v) is 11.7. The van der Waals surface area contributed by atoms with E-state index in [4.69, 9.17) is 33.2 Å². The summed E-state index contributed by atoms with van der Waals surface area (Å²) in [4.78, 5) is 107. The number of hydrogen-bond acceptors (Lipinski definition) is 32. The van der Waals surface area contributed by atoms with Gasteiger partial charge in [-0.1, -0.05) is 0 Å². The Labute approximate surface area is 433 Å². The maximum atomic E-state index is 16.3. The molecule has 14 atom stereocenters. The second-order valence-corrected chi connectivity index (χ2v) is 19.4. The van der Waals surface area contributed by atoms with Crippen molar-refractivity contribution in [2.24, 2.45) is 5.41 Å². The van der Waals surface area contributed by atoms with Gasteiger partial charge in [0.2, 0.25) is 46.2 Å². The average Bonchev–Trinajstić information content (AvgIpc) is 1.76. The molecular formula is C47H36O32. The molecule has 32 nitrogen and oxygen atoms in total. The van der Waals surface area contributed by atoms with E-state index in [1.165, 1.54) is 0 Å². The van der Waals surface area contributed by atoms with Crippen LogP contribution in [-0.4, -0.2) is 211 Å². The van der Waals surface area contributed by atoms with Gasteiger partial charge in [-0.05, 0) is 42.5 Å². The van der Waals surface area contributed by atoms with Crippen molar-refractivity contribution in [3.63, 3.8) is 0 Å². The molecule has 5 saturated heterocycles. The number of ketones is 4. The number of aliphatic hydroxyl groups excluding tert-OH is 2. The molecule has 32 heteroatoms. The molecule has 0 radical (unpaired) electrons. The second-order valence-electron chi connectivity index (χ2n) is 19.4. The molecule has 79 heavy (non-hydrogen) atoms. The van der Waals surface area contributed by atoms with Crippen molar-refractivity contribution >= 4 is 41.0 Å². The van der Waals surface area contributed by atoms with E-state index in [1.54, 1.807) is 0 Å². The number of hydrogen-bond donors (Lipinski definition) is 18. The van der Waals surface area contributed by atoms with Gasteiger partial charge in [0.05, 0.1) is 24.5 Å². The first-order valence-electron chi connectivity index (χ1n) is 22.6. The lowest BCUT2D eigenvalue weighted by Crippen LogP contribution is -2.89. The fourth-order valence-electron chi connectivity index (χ4n) is 11.7. The van der Waals surface area contributed by atoms with Crippen molar-refractivity contribution in [1.29, 1.82) is 0 Å². The Morgan fingerprint density at radius 1 is 0.595 bits per heavy atom. The normalized spacial score (nSPS) is 36.0. The standard InChI is InChI=1S/C47H36O32/c48-14-1-10(2-15(49)25(14)58)24(57)29(62)31-36-43(69,33(63)11-3-16(50)26(59)17(51)4-11)38(44(70,77-31)34(64)12-5-18(52)27(60)19(53)6-12)76-37(65)13-7-20(54)28(61)30-23(13)32-42(39(66)75-36)22(56)8-41(68,46(32,71)78-30)79-45(42)40(67)74-35-21(55)9-73-47(35,45)72/h1-7,21,29,31-32,35-36,38,48-55,58-62,68-72H,8-9H2/t21?,29?,31-,32?,35?,36-,38-,41?,42?,43+,44-,45?,46?,47?/m1/s1. The second kappa shape index (κ2) is 15.9. The molecule has 9 unspecified atom stereocenters. The number of phenolic OH excluding ortho intramolecular Hbond substituents is 11. The minimum atomic E-state index is -4.72. The smallest absolute Gasteiger partial charge is 0.346 e. The van der Waals surface area contributed by atoms with E-state index < -0.39 is 233 Å². The van der Waals surface area contributed by atoms with Gasteiger partial charge >= 0.3 is 17.9 Å². The number of phenols is 11. The fraction of sp³-hybridized carbons (Fsp3) is 0.340. The number of ether oxygens (including phenoxy) is 7. The molecule has 4 aromatic rings. The lowest BCUT2D eigenvalue weighted by molar-refractivity contribution is -0.469. The summed E-state index contributed by atoms with van der Waals surface area (Å²) in [5.74, 6) is -52.5. The molecule has 416 valence electrons. The van der Waals surface area contributed by atoms with E-state index >= 15 is 24.0 Å². The van der Waals surface area contributed by atoms with Crippen LogP contribution in [0, 0.1) is 5.41 Å². The molecular weight excluding hydrogens is 1080 g/mol. The van der Waals surface area contributed by atoms with Gasteiger partial charge in [0.1, 0.15) is 18.3 Å². The van der Waals surface area contributed by atoms with E-state index in [9.17, 15) is 102 Å². The summed E-state index contributed by atoms with van der Waals surface area (Å²) in [6.45, 7) is -1.10. The number of carbonyl (C=O) groups excluding carboxylic acids is 7. The number of aromatic hydroxyl groups is 11. The summed E-state index contributed by atoms with van der Waals surface area (Å²) in [7, 11) is 0. The van der Waals surface area contributed by atoms with Crippen molar-refractivity contribution in [1.82, 2.24) is 0 Å². The third kappa shape index (κ3) is 6.05. The highest BCUT2D eigenvalue weighted by molar-refractivity contribution is 6.16. The Hall–Kier alpha value is -8.83. The molecule has 7 heterocycles. The van der Waals surface area contributed by atoms with E-state index in [1.807, 2.05) is 0 Å². The highest BCUT2D eigenvalue weighted by atomic mass is 16.8. The minimum absolute atomic E-state index is 0.149. The maximum absolute atomic E-state index is 16.3. The highest BCUT2D eigenvalue weighted by Crippen LogP contribution is 2.75. The van der Waals surface area contributed by atoms with Crippen LogP contribution in [0.3, 0.4) is 0 Å². The van der Waals surface area contributed by atoms with E-state index in [2.05, 4.69) is 0 Å².